The number of likely N-dealkylation sites (N-methyl/N-ethyl adjacent to an activating group) is 1. The number of hydrogen-bond acceptors (Lipinski definition) is 3. The SMILES string of the molecule is CC1CCCC(CNC(=O)CCNC2CC2)(N(C)C)C1. The van der Waals surface area contributed by atoms with Gasteiger partial charge in [-0.15, -0.1) is 0 Å². The van der Waals surface area contributed by atoms with Crippen LogP contribution in [0.15, 0.2) is 0 Å². The van der Waals surface area contributed by atoms with Crippen LogP contribution >= 0.6 is 0 Å². The summed E-state index contributed by atoms with van der Waals surface area (Å²) in [6, 6.07) is 0.690. The Labute approximate surface area is 123 Å². The van der Waals surface area contributed by atoms with E-state index in [1.165, 1.54) is 38.5 Å². The van der Waals surface area contributed by atoms with E-state index in [1.807, 2.05) is 0 Å². The lowest BCUT2D eigenvalue weighted by Gasteiger charge is -2.45. The average Bonchev–Trinajstić information content (AvgIpc) is 3.20. The van der Waals surface area contributed by atoms with E-state index < -0.39 is 0 Å². The van der Waals surface area contributed by atoms with Crippen LogP contribution in [0.25, 0.3) is 0 Å². The third-order valence-corrected chi connectivity index (χ3v) is 4.99. The molecule has 1 amide bonds. The highest BCUT2D eigenvalue weighted by molar-refractivity contribution is 5.76. The molecule has 2 unspecified atom stereocenters. The fourth-order valence-electron chi connectivity index (χ4n) is 3.39. The number of nitrogens with zero attached hydrogens (tertiary/aromatic N) is 1. The molecule has 2 aliphatic carbocycles. The summed E-state index contributed by atoms with van der Waals surface area (Å²) in [6.07, 6.45) is 8.17. The maximum Gasteiger partial charge on any atom is 0.221 e. The first kappa shape index (κ1) is 15.8. The first-order chi connectivity index (χ1) is 9.52. The fraction of sp³-hybridized carbons (Fsp3) is 0.938. The Morgan fingerprint density at radius 1 is 1.30 bits per heavy atom. The van der Waals surface area contributed by atoms with Crippen LogP contribution in [0.2, 0.25) is 0 Å². The zero-order valence-electron chi connectivity index (χ0n) is 13.4. The summed E-state index contributed by atoms with van der Waals surface area (Å²) in [6.45, 7) is 3.95. The maximum atomic E-state index is 12.0. The Kier molecular flexibility index (Phi) is 5.44. The van der Waals surface area contributed by atoms with Gasteiger partial charge in [-0.3, -0.25) is 4.79 Å². The monoisotopic (exact) mass is 281 g/mol. The van der Waals surface area contributed by atoms with E-state index in [4.69, 9.17) is 0 Å². The summed E-state index contributed by atoms with van der Waals surface area (Å²) in [7, 11) is 4.30. The van der Waals surface area contributed by atoms with Crippen molar-refractivity contribution in [3.8, 4) is 0 Å². The lowest BCUT2D eigenvalue weighted by molar-refractivity contribution is -0.121. The number of hydrogen-bond donors (Lipinski definition) is 2. The number of amides is 1. The van der Waals surface area contributed by atoms with Gasteiger partial charge in [0.05, 0.1) is 0 Å². The van der Waals surface area contributed by atoms with Crippen molar-refractivity contribution in [3.05, 3.63) is 0 Å². The third kappa shape index (κ3) is 4.45. The Hall–Kier alpha value is -0.610. The van der Waals surface area contributed by atoms with Crippen molar-refractivity contribution in [2.45, 2.75) is 63.5 Å². The molecule has 2 aliphatic rings. The van der Waals surface area contributed by atoms with Crippen molar-refractivity contribution in [2.24, 2.45) is 5.92 Å². The third-order valence-electron chi connectivity index (χ3n) is 4.99. The average molecular weight is 281 g/mol. The predicted molar refractivity (Wildman–Crippen MR) is 82.7 cm³/mol. The summed E-state index contributed by atoms with van der Waals surface area (Å²) in [5.74, 6) is 0.956. The van der Waals surface area contributed by atoms with E-state index in [-0.39, 0.29) is 11.4 Å². The van der Waals surface area contributed by atoms with E-state index in [9.17, 15) is 4.79 Å². The molecule has 2 N–H and O–H groups in total. The molecule has 0 radical (unpaired) electrons. The van der Waals surface area contributed by atoms with Crippen LogP contribution < -0.4 is 10.6 Å². The smallest absolute Gasteiger partial charge is 0.221 e. The topological polar surface area (TPSA) is 44.4 Å². The Balaban J connectivity index is 1.74. The van der Waals surface area contributed by atoms with Gasteiger partial charge in [-0.25, -0.2) is 0 Å². The molecule has 0 bridgehead atoms. The van der Waals surface area contributed by atoms with Crippen molar-refractivity contribution in [3.63, 3.8) is 0 Å². The van der Waals surface area contributed by atoms with Crippen LogP contribution in [-0.4, -0.2) is 49.6 Å². The lowest BCUT2D eigenvalue weighted by Crippen LogP contribution is -2.55. The Bertz CT molecular complexity index is 328. The summed E-state index contributed by atoms with van der Waals surface area (Å²) in [5, 5.41) is 6.56. The highest BCUT2D eigenvalue weighted by atomic mass is 16.1. The minimum absolute atomic E-state index is 0.164. The molecule has 0 aliphatic heterocycles. The highest BCUT2D eigenvalue weighted by Gasteiger charge is 2.37. The molecular weight excluding hydrogens is 250 g/mol. The van der Waals surface area contributed by atoms with Crippen molar-refractivity contribution < 1.29 is 4.79 Å². The van der Waals surface area contributed by atoms with E-state index in [1.54, 1.807) is 0 Å². The van der Waals surface area contributed by atoms with E-state index in [0.29, 0.717) is 12.5 Å². The number of nitrogens with one attached hydrogen (secondary N) is 2. The van der Waals surface area contributed by atoms with Gasteiger partial charge in [0.25, 0.3) is 0 Å². The van der Waals surface area contributed by atoms with Crippen molar-refractivity contribution in [2.75, 3.05) is 27.2 Å². The standard InChI is InChI=1S/C16H31N3O/c1-13-5-4-9-16(11-13,19(2)3)12-18-15(20)8-10-17-14-6-7-14/h13-14,17H,4-12H2,1-3H3,(H,18,20). The van der Waals surface area contributed by atoms with E-state index in [0.717, 1.165) is 19.0 Å². The first-order valence-corrected chi connectivity index (χ1v) is 8.19. The molecular formula is C16H31N3O. The minimum Gasteiger partial charge on any atom is -0.354 e. The van der Waals surface area contributed by atoms with E-state index >= 15 is 0 Å². The number of rotatable bonds is 7. The Morgan fingerprint density at radius 2 is 2.05 bits per heavy atom. The van der Waals surface area contributed by atoms with Gasteiger partial charge in [-0.2, -0.15) is 0 Å². The van der Waals surface area contributed by atoms with Gasteiger partial charge in [-0.05, 0) is 45.7 Å². The summed E-state index contributed by atoms with van der Waals surface area (Å²) in [4.78, 5) is 14.3. The molecule has 0 aromatic carbocycles. The lowest BCUT2D eigenvalue weighted by atomic mass is 9.75. The second-order valence-corrected chi connectivity index (χ2v) is 7.08. The Morgan fingerprint density at radius 3 is 2.65 bits per heavy atom. The normalized spacial score (nSPS) is 30.5. The van der Waals surface area contributed by atoms with E-state index in [2.05, 4.69) is 36.6 Å². The zero-order valence-corrected chi connectivity index (χ0v) is 13.4. The van der Waals surface area contributed by atoms with Crippen molar-refractivity contribution >= 4 is 5.91 Å². The quantitative estimate of drug-likeness (QED) is 0.747. The van der Waals surface area contributed by atoms with Gasteiger partial charge in [0.1, 0.15) is 0 Å². The summed E-state index contributed by atoms with van der Waals surface area (Å²) < 4.78 is 0. The summed E-state index contributed by atoms with van der Waals surface area (Å²) in [5.41, 5.74) is 0.164. The molecule has 2 saturated carbocycles. The van der Waals surface area contributed by atoms with Gasteiger partial charge >= 0.3 is 0 Å². The molecule has 116 valence electrons. The molecule has 0 saturated heterocycles. The van der Waals surface area contributed by atoms with Gasteiger partial charge in [0.15, 0.2) is 0 Å². The molecule has 4 nitrogen and oxygen atoms in total. The summed E-state index contributed by atoms with van der Waals surface area (Å²) >= 11 is 0. The molecule has 0 aromatic heterocycles. The largest absolute Gasteiger partial charge is 0.354 e. The number of carbonyl (C=O) groups excluding carboxylic acids is 1. The number of carbonyl (C=O) groups is 1. The minimum atomic E-state index is 0.164. The predicted octanol–water partition coefficient (Wildman–Crippen LogP) is 1.76. The van der Waals surface area contributed by atoms with Crippen LogP contribution in [0.4, 0.5) is 0 Å². The van der Waals surface area contributed by atoms with Crippen LogP contribution in [0.3, 0.4) is 0 Å². The second kappa shape index (κ2) is 6.90. The molecule has 0 spiro atoms. The van der Waals surface area contributed by atoms with Gasteiger partial charge < -0.3 is 15.5 Å². The van der Waals surface area contributed by atoms with Crippen molar-refractivity contribution in [1.29, 1.82) is 0 Å². The second-order valence-electron chi connectivity index (χ2n) is 7.08. The molecule has 4 heteroatoms. The van der Waals surface area contributed by atoms with Gasteiger partial charge in [0, 0.05) is 31.1 Å². The molecule has 0 aromatic rings. The zero-order chi connectivity index (χ0) is 14.6. The maximum absolute atomic E-state index is 12.0. The van der Waals surface area contributed by atoms with Crippen LogP contribution in [0, 0.1) is 5.92 Å². The molecule has 2 atom stereocenters. The molecule has 20 heavy (non-hydrogen) atoms. The van der Waals surface area contributed by atoms with Crippen LogP contribution in [-0.2, 0) is 4.79 Å². The van der Waals surface area contributed by atoms with Gasteiger partial charge in [0.2, 0.25) is 5.91 Å². The van der Waals surface area contributed by atoms with Gasteiger partial charge in [-0.1, -0.05) is 19.8 Å². The fourth-order valence-corrected chi connectivity index (χ4v) is 3.39. The molecule has 0 heterocycles. The molecule has 2 rings (SSSR count). The van der Waals surface area contributed by atoms with Crippen molar-refractivity contribution in [1.82, 2.24) is 15.5 Å². The van der Waals surface area contributed by atoms with Crippen LogP contribution in [0.5, 0.6) is 0 Å². The first-order valence-electron chi connectivity index (χ1n) is 8.19. The molecule has 2 fully saturated rings. The highest BCUT2D eigenvalue weighted by Crippen LogP contribution is 2.35. The van der Waals surface area contributed by atoms with Crippen LogP contribution in [0.1, 0.15) is 51.9 Å².